The van der Waals surface area contributed by atoms with Crippen LogP contribution in [0.5, 0.6) is 0 Å². The normalized spacial score (nSPS) is 10.6. The number of hydrogen-bond donors (Lipinski definition) is 1. The molecule has 1 aromatic rings. The first-order valence-corrected chi connectivity index (χ1v) is 5.37. The summed E-state index contributed by atoms with van der Waals surface area (Å²) in [5, 5.41) is 17.8. The minimum atomic E-state index is 0.222. The van der Waals surface area contributed by atoms with Crippen molar-refractivity contribution in [3.8, 4) is 12.3 Å². The number of nitrogens with two attached hydrogens (primary N) is 1. The van der Waals surface area contributed by atoms with Crippen LogP contribution in [0.3, 0.4) is 0 Å². The minimum absolute atomic E-state index is 0.222. The van der Waals surface area contributed by atoms with Crippen molar-refractivity contribution < 1.29 is 0 Å². The van der Waals surface area contributed by atoms with E-state index in [1.54, 1.807) is 18.3 Å². The van der Waals surface area contributed by atoms with Gasteiger partial charge in [-0.3, -0.25) is 0 Å². The molecule has 0 amide bonds. The van der Waals surface area contributed by atoms with Gasteiger partial charge in [-0.25, -0.2) is 4.98 Å². The fourth-order valence-electron chi connectivity index (χ4n) is 0.967. The second-order valence-corrected chi connectivity index (χ2v) is 3.87. The molecule has 0 aromatic carbocycles. The van der Waals surface area contributed by atoms with Crippen LogP contribution in [0.2, 0.25) is 0 Å². The number of aliphatic imine (C=N–C) groups is 1. The highest BCUT2D eigenvalue weighted by atomic mass is 32.2. The molecule has 0 spiro atoms. The van der Waals surface area contributed by atoms with Crippen LogP contribution in [0.15, 0.2) is 22.2 Å². The summed E-state index contributed by atoms with van der Waals surface area (Å²) in [5.74, 6) is 0.568. The Labute approximate surface area is 97.6 Å². The largest absolute Gasteiger partial charge is 0.386 e. The quantitative estimate of drug-likeness (QED) is 0.364. The molecule has 2 N–H and O–H groups in total. The van der Waals surface area contributed by atoms with Gasteiger partial charge in [-0.05, 0) is 19.1 Å². The average molecular weight is 231 g/mol. The van der Waals surface area contributed by atoms with E-state index in [9.17, 15) is 0 Å². The topological polar surface area (TPSA) is 98.9 Å². The van der Waals surface area contributed by atoms with E-state index in [1.807, 2.05) is 13.0 Å². The third kappa shape index (κ3) is 3.26. The van der Waals surface area contributed by atoms with Crippen LogP contribution in [0, 0.1) is 29.7 Å². The molecule has 0 fully saturated rings. The molecule has 5 nitrogen and oxygen atoms in total. The lowest BCUT2D eigenvalue weighted by atomic mass is 10.3. The molecule has 0 aliphatic heterocycles. The fourth-order valence-corrected chi connectivity index (χ4v) is 1.79. The summed E-state index contributed by atoms with van der Waals surface area (Å²) < 4.78 is 0. The van der Waals surface area contributed by atoms with Crippen LogP contribution in [-0.2, 0) is 0 Å². The Kier molecular flexibility index (Phi) is 4.31. The predicted molar refractivity (Wildman–Crippen MR) is 61.6 cm³/mol. The standard InChI is InChI=1S/C10H9N5S/c1-7-2-3-8(4-11)10(15-7)16-5-9(13)14-6-12/h2-3H,5H2,1H3,(H2,13,14). The highest BCUT2D eigenvalue weighted by molar-refractivity contribution is 8.00. The fraction of sp³-hybridized carbons (Fsp3) is 0.200. The first-order valence-electron chi connectivity index (χ1n) is 4.39. The number of nitriles is 2. The third-order valence-corrected chi connectivity index (χ3v) is 2.70. The molecular formula is C10H9N5S. The van der Waals surface area contributed by atoms with Gasteiger partial charge < -0.3 is 5.73 Å². The van der Waals surface area contributed by atoms with Gasteiger partial charge in [0.1, 0.15) is 16.9 Å². The molecule has 0 atom stereocenters. The van der Waals surface area contributed by atoms with E-state index in [4.69, 9.17) is 16.3 Å². The summed E-state index contributed by atoms with van der Waals surface area (Å²) in [6, 6.07) is 5.53. The van der Waals surface area contributed by atoms with Crippen molar-refractivity contribution in [1.82, 2.24) is 4.98 Å². The van der Waals surface area contributed by atoms with Crippen LogP contribution >= 0.6 is 11.8 Å². The van der Waals surface area contributed by atoms with Crippen molar-refractivity contribution in [2.75, 3.05) is 5.75 Å². The van der Waals surface area contributed by atoms with Crippen LogP contribution in [-0.4, -0.2) is 16.6 Å². The molecule has 1 rings (SSSR count). The molecule has 1 heterocycles. The molecular weight excluding hydrogens is 222 g/mol. The molecule has 16 heavy (non-hydrogen) atoms. The van der Waals surface area contributed by atoms with Crippen molar-refractivity contribution >= 4 is 17.6 Å². The zero-order chi connectivity index (χ0) is 12.0. The van der Waals surface area contributed by atoms with E-state index in [0.29, 0.717) is 16.3 Å². The van der Waals surface area contributed by atoms with E-state index in [0.717, 1.165) is 5.69 Å². The van der Waals surface area contributed by atoms with Crippen molar-refractivity contribution in [2.45, 2.75) is 11.9 Å². The lowest BCUT2D eigenvalue weighted by Crippen LogP contribution is -2.14. The van der Waals surface area contributed by atoms with Gasteiger partial charge >= 0.3 is 0 Å². The smallest absolute Gasteiger partial charge is 0.207 e. The Bertz CT molecular complexity index is 495. The first-order chi connectivity index (χ1) is 7.67. The van der Waals surface area contributed by atoms with Gasteiger partial charge in [0, 0.05) is 5.69 Å². The molecule has 0 aliphatic carbocycles. The van der Waals surface area contributed by atoms with E-state index in [2.05, 4.69) is 9.98 Å². The molecule has 80 valence electrons. The van der Waals surface area contributed by atoms with Crippen LogP contribution in [0.1, 0.15) is 11.3 Å². The zero-order valence-electron chi connectivity index (χ0n) is 8.64. The van der Waals surface area contributed by atoms with Gasteiger partial charge in [-0.15, -0.1) is 0 Å². The summed E-state index contributed by atoms with van der Waals surface area (Å²) in [7, 11) is 0. The summed E-state index contributed by atoms with van der Waals surface area (Å²) >= 11 is 1.29. The lowest BCUT2D eigenvalue weighted by molar-refractivity contribution is 1.05. The Morgan fingerprint density at radius 2 is 2.31 bits per heavy atom. The Hall–Kier alpha value is -2.05. The van der Waals surface area contributed by atoms with Crippen molar-refractivity contribution in [1.29, 1.82) is 10.5 Å². The van der Waals surface area contributed by atoms with Crippen molar-refractivity contribution in [2.24, 2.45) is 10.7 Å². The lowest BCUT2D eigenvalue weighted by Gasteiger charge is -2.02. The van der Waals surface area contributed by atoms with E-state index in [1.165, 1.54) is 11.8 Å². The Morgan fingerprint density at radius 3 is 2.94 bits per heavy atom. The van der Waals surface area contributed by atoms with E-state index < -0.39 is 0 Å². The second-order valence-electron chi connectivity index (χ2n) is 2.91. The number of nitrogens with zero attached hydrogens (tertiary/aromatic N) is 4. The first kappa shape index (κ1) is 12.0. The second kappa shape index (κ2) is 5.74. The number of hydrogen-bond acceptors (Lipinski definition) is 5. The maximum Gasteiger partial charge on any atom is 0.207 e. The molecule has 0 aliphatic rings. The van der Waals surface area contributed by atoms with E-state index in [-0.39, 0.29) is 5.84 Å². The van der Waals surface area contributed by atoms with Crippen molar-refractivity contribution in [3.05, 3.63) is 23.4 Å². The molecule has 1 aromatic heterocycles. The summed E-state index contributed by atoms with van der Waals surface area (Å²) in [5.41, 5.74) is 6.79. The predicted octanol–water partition coefficient (Wildman–Crippen LogP) is 1.19. The number of thioether (sulfide) groups is 1. The summed E-state index contributed by atoms with van der Waals surface area (Å²) in [6.07, 6.45) is 1.61. The number of aryl methyl sites for hydroxylation is 1. The summed E-state index contributed by atoms with van der Waals surface area (Å²) in [6.45, 7) is 1.85. The van der Waals surface area contributed by atoms with Gasteiger partial charge in [0.15, 0.2) is 0 Å². The molecule has 0 unspecified atom stereocenters. The van der Waals surface area contributed by atoms with Gasteiger partial charge in [0.05, 0.1) is 11.3 Å². The maximum absolute atomic E-state index is 8.86. The van der Waals surface area contributed by atoms with Crippen LogP contribution in [0.4, 0.5) is 0 Å². The molecule has 6 heteroatoms. The average Bonchev–Trinajstić information content (AvgIpc) is 2.27. The van der Waals surface area contributed by atoms with Gasteiger partial charge in [0.2, 0.25) is 6.19 Å². The van der Waals surface area contributed by atoms with Crippen LogP contribution in [0.25, 0.3) is 0 Å². The SMILES string of the molecule is Cc1ccc(C#N)c(SCC(N)=NC#N)n1. The highest BCUT2D eigenvalue weighted by Crippen LogP contribution is 2.19. The monoisotopic (exact) mass is 231 g/mol. The van der Waals surface area contributed by atoms with Crippen LogP contribution < -0.4 is 5.73 Å². The van der Waals surface area contributed by atoms with Gasteiger partial charge in [-0.2, -0.15) is 15.5 Å². The molecule has 0 radical (unpaired) electrons. The minimum Gasteiger partial charge on any atom is -0.386 e. The summed E-state index contributed by atoms with van der Waals surface area (Å²) in [4.78, 5) is 7.61. The number of aromatic nitrogens is 1. The maximum atomic E-state index is 8.86. The third-order valence-electron chi connectivity index (χ3n) is 1.67. The number of pyridine rings is 1. The molecule has 0 bridgehead atoms. The Morgan fingerprint density at radius 1 is 1.56 bits per heavy atom. The van der Waals surface area contributed by atoms with Crippen molar-refractivity contribution in [3.63, 3.8) is 0 Å². The molecule has 0 saturated carbocycles. The highest BCUT2D eigenvalue weighted by Gasteiger charge is 2.05. The zero-order valence-corrected chi connectivity index (χ0v) is 9.45. The molecule has 0 saturated heterocycles. The Balaban J connectivity index is 2.82. The number of amidine groups is 1. The van der Waals surface area contributed by atoms with Gasteiger partial charge in [-0.1, -0.05) is 11.8 Å². The van der Waals surface area contributed by atoms with E-state index >= 15 is 0 Å². The van der Waals surface area contributed by atoms with Gasteiger partial charge in [0.25, 0.3) is 0 Å². The number of rotatable bonds is 3.